The molecule has 0 atom stereocenters. The Labute approximate surface area is 373 Å². The van der Waals surface area contributed by atoms with E-state index in [4.69, 9.17) is 49.6 Å². The molecule has 0 saturated carbocycles. The number of benzene rings is 4. The number of esters is 1. The maximum Gasteiger partial charge on any atom is 0.343 e. The normalized spacial score (nSPS) is 15.4. The van der Waals surface area contributed by atoms with E-state index < -0.39 is 11.9 Å². The first-order chi connectivity index (χ1) is 29.5. The highest BCUT2D eigenvalue weighted by atomic mass is 35.5. The number of thioether (sulfide) groups is 2. The third kappa shape index (κ3) is 9.64. The van der Waals surface area contributed by atoms with Gasteiger partial charge in [-0.25, -0.2) is 9.59 Å². The molecule has 0 radical (unpaired) electrons. The number of halogens is 1. The fourth-order valence-electron chi connectivity index (χ4n) is 6.47. The third-order valence-corrected chi connectivity index (χ3v) is 12.7. The van der Waals surface area contributed by atoms with Gasteiger partial charge < -0.3 is 18.7 Å². The van der Waals surface area contributed by atoms with E-state index in [1.807, 2.05) is 48.5 Å². The number of nitrogens with zero attached hydrogens (tertiary/aromatic N) is 2. The van der Waals surface area contributed by atoms with E-state index in [-0.39, 0.29) is 22.4 Å². The minimum absolute atomic E-state index is 0.0425. The van der Waals surface area contributed by atoms with Crippen molar-refractivity contribution >= 4 is 104 Å². The summed E-state index contributed by atoms with van der Waals surface area (Å²) in [4.78, 5) is 55.2. The molecule has 0 unspecified atom stereocenters. The molecule has 6 aromatic rings. The number of hydrogen-bond donors (Lipinski definition) is 1. The quantitative estimate of drug-likeness (QED) is 0.0512. The largest absolute Gasteiger partial charge is 0.478 e. The Morgan fingerprint density at radius 3 is 1.80 bits per heavy atom. The van der Waals surface area contributed by atoms with E-state index in [1.54, 1.807) is 77.7 Å². The van der Waals surface area contributed by atoms with Crippen molar-refractivity contribution in [2.45, 2.75) is 12.8 Å². The highest BCUT2D eigenvalue weighted by Crippen LogP contribution is 2.36. The molecular weight excluding hydrogens is 872 g/mol. The lowest BCUT2D eigenvalue weighted by Crippen LogP contribution is -2.30. The van der Waals surface area contributed by atoms with Gasteiger partial charge >= 0.3 is 11.9 Å². The second kappa shape index (κ2) is 18.3. The first-order valence-corrected chi connectivity index (χ1v) is 21.5. The van der Waals surface area contributed by atoms with Crippen molar-refractivity contribution in [3.63, 3.8) is 0 Å². The fourth-order valence-corrected chi connectivity index (χ4v) is 9.25. The number of thiocarbonyl (C=S) groups is 2. The SMILES string of the molecule is O=C(Oc1ccc(CCN2C(=O)/C(=C/c3ccc(-c4ccc(Cl)c(C(=O)O)c4)o3)SC2=S)cc1)c1cccc(-c2ccc(/C=C3\SC(=S)N(CCc4ccccc4)C3=O)o2)c1. The first-order valence-electron chi connectivity index (χ1n) is 18.7. The van der Waals surface area contributed by atoms with Gasteiger partial charge in [0, 0.05) is 36.4 Å². The maximum atomic E-state index is 13.3. The lowest BCUT2D eigenvalue weighted by atomic mass is 10.1. The smallest absolute Gasteiger partial charge is 0.343 e. The molecule has 2 fully saturated rings. The van der Waals surface area contributed by atoms with Gasteiger partial charge in [0.2, 0.25) is 0 Å². The van der Waals surface area contributed by atoms with Crippen molar-refractivity contribution in [1.29, 1.82) is 0 Å². The Kier molecular flexibility index (Phi) is 12.5. The van der Waals surface area contributed by atoms with Crippen molar-refractivity contribution < 1.29 is 37.9 Å². The molecule has 0 spiro atoms. The van der Waals surface area contributed by atoms with E-state index in [0.29, 0.717) is 89.9 Å². The number of carboxylic acid groups (broad SMARTS) is 1. The average molecular weight is 903 g/mol. The number of carbonyl (C=O) groups excluding carboxylic acids is 3. The summed E-state index contributed by atoms with van der Waals surface area (Å²) in [6, 6.07) is 35.4. The van der Waals surface area contributed by atoms with Gasteiger partial charge in [0.1, 0.15) is 37.4 Å². The topological polar surface area (TPSA) is 130 Å². The van der Waals surface area contributed by atoms with Crippen LogP contribution in [0.25, 0.3) is 34.8 Å². The van der Waals surface area contributed by atoms with Crippen LogP contribution in [-0.4, -0.2) is 60.4 Å². The number of ether oxygens (including phenoxy) is 1. The van der Waals surface area contributed by atoms with E-state index in [0.717, 1.165) is 11.1 Å². The molecule has 4 aromatic carbocycles. The minimum atomic E-state index is -1.15. The van der Waals surface area contributed by atoms with Gasteiger partial charge in [0.25, 0.3) is 11.8 Å². The molecule has 10 nitrogen and oxygen atoms in total. The standard InChI is InChI=1S/C46H31ClN2O8S4/c47-36-16-11-30(24-35(36)43(52)53)38-18-15-34(56-38)26-40-42(51)49(46(59)61-40)22-20-28-9-12-32(13-10-28)57-44(54)31-8-4-7-29(23-31)37-17-14-33(55-37)25-39-41(50)48(45(58)60-39)21-19-27-5-2-1-3-6-27/h1-18,23-26H,19-22H2,(H,52,53)/b39-25-,40-26-. The van der Waals surface area contributed by atoms with Gasteiger partial charge in [-0.3, -0.25) is 19.4 Å². The Bertz CT molecular complexity index is 2790. The lowest BCUT2D eigenvalue weighted by molar-refractivity contribution is -0.122. The monoisotopic (exact) mass is 902 g/mol. The molecule has 2 aromatic heterocycles. The highest BCUT2D eigenvalue weighted by Gasteiger charge is 2.33. The summed E-state index contributed by atoms with van der Waals surface area (Å²) < 4.78 is 18.6. The second-order valence-corrected chi connectivity index (χ2v) is 17.4. The van der Waals surface area contributed by atoms with Crippen LogP contribution in [0.5, 0.6) is 5.75 Å². The van der Waals surface area contributed by atoms with Crippen molar-refractivity contribution in [2.24, 2.45) is 0 Å². The molecule has 1 N–H and O–H groups in total. The van der Waals surface area contributed by atoms with Crippen molar-refractivity contribution in [3.05, 3.63) is 170 Å². The molecule has 2 aliphatic heterocycles. The number of carboxylic acids is 1. The Balaban J connectivity index is 0.844. The van der Waals surface area contributed by atoms with Gasteiger partial charge in [-0.1, -0.05) is 114 Å². The van der Waals surface area contributed by atoms with Crippen LogP contribution in [0.1, 0.15) is 43.4 Å². The van der Waals surface area contributed by atoms with Gasteiger partial charge in [-0.15, -0.1) is 0 Å². The van der Waals surface area contributed by atoms with Crippen LogP contribution in [0.4, 0.5) is 0 Å². The zero-order valence-electron chi connectivity index (χ0n) is 31.7. The van der Waals surface area contributed by atoms with E-state index >= 15 is 0 Å². The third-order valence-electron chi connectivity index (χ3n) is 9.64. The van der Waals surface area contributed by atoms with Crippen LogP contribution < -0.4 is 4.74 Å². The van der Waals surface area contributed by atoms with Crippen LogP contribution in [0.3, 0.4) is 0 Å². The number of carbonyl (C=O) groups is 4. The average Bonchev–Trinajstić information content (AvgIpc) is 4.04. The predicted octanol–water partition coefficient (Wildman–Crippen LogP) is 10.7. The second-order valence-electron chi connectivity index (χ2n) is 13.7. The molecule has 2 saturated heterocycles. The Morgan fingerprint density at radius 1 is 0.672 bits per heavy atom. The molecule has 2 amide bonds. The molecule has 15 heteroatoms. The number of aromatic carboxylic acids is 1. The van der Waals surface area contributed by atoms with Crippen LogP contribution in [0, 0.1) is 0 Å². The van der Waals surface area contributed by atoms with Crippen LogP contribution in [0.2, 0.25) is 5.02 Å². The summed E-state index contributed by atoms with van der Waals surface area (Å²) >= 11 is 19.4. The van der Waals surface area contributed by atoms with E-state index in [2.05, 4.69) is 0 Å². The molecule has 304 valence electrons. The van der Waals surface area contributed by atoms with Gasteiger partial charge in [-0.2, -0.15) is 0 Å². The van der Waals surface area contributed by atoms with Crippen molar-refractivity contribution in [3.8, 4) is 28.4 Å². The lowest BCUT2D eigenvalue weighted by Gasteiger charge is -2.14. The number of furan rings is 2. The predicted molar refractivity (Wildman–Crippen MR) is 245 cm³/mol. The molecule has 61 heavy (non-hydrogen) atoms. The Morgan fingerprint density at radius 2 is 1.23 bits per heavy atom. The molecule has 0 bridgehead atoms. The van der Waals surface area contributed by atoms with Crippen molar-refractivity contribution in [2.75, 3.05) is 13.1 Å². The zero-order chi connectivity index (χ0) is 42.6. The molecule has 4 heterocycles. The fraction of sp³-hybridized carbons (Fsp3) is 0.0870. The summed E-state index contributed by atoms with van der Waals surface area (Å²) in [6.45, 7) is 0.824. The summed E-state index contributed by atoms with van der Waals surface area (Å²) in [5.74, 6) is 0.0757. The van der Waals surface area contributed by atoms with E-state index in [1.165, 1.54) is 40.6 Å². The van der Waals surface area contributed by atoms with Crippen LogP contribution >= 0.6 is 59.6 Å². The minimum Gasteiger partial charge on any atom is -0.478 e. The van der Waals surface area contributed by atoms with Gasteiger partial charge in [-0.05, 0) is 90.7 Å². The summed E-state index contributed by atoms with van der Waals surface area (Å²) in [5.41, 5.74) is 3.50. The molecule has 8 rings (SSSR count). The molecular formula is C46H31ClN2O8S4. The summed E-state index contributed by atoms with van der Waals surface area (Å²) in [7, 11) is 0. The molecule has 2 aliphatic rings. The molecule has 0 aliphatic carbocycles. The van der Waals surface area contributed by atoms with E-state index in [9.17, 15) is 24.3 Å². The Hall–Kier alpha value is -6.03. The van der Waals surface area contributed by atoms with Crippen LogP contribution in [0.15, 0.2) is 140 Å². The highest BCUT2D eigenvalue weighted by molar-refractivity contribution is 8.27. The number of amides is 2. The number of rotatable bonds is 13. The van der Waals surface area contributed by atoms with Gasteiger partial charge in [0.15, 0.2) is 0 Å². The summed E-state index contributed by atoms with van der Waals surface area (Å²) in [5, 5.41) is 9.52. The first kappa shape index (κ1) is 41.7. The van der Waals surface area contributed by atoms with Crippen molar-refractivity contribution in [1.82, 2.24) is 9.80 Å². The van der Waals surface area contributed by atoms with Crippen LogP contribution in [-0.2, 0) is 22.4 Å². The zero-order valence-corrected chi connectivity index (χ0v) is 35.8. The number of hydrogen-bond acceptors (Lipinski definition) is 11. The maximum absolute atomic E-state index is 13.3. The summed E-state index contributed by atoms with van der Waals surface area (Å²) in [6.07, 6.45) is 4.48. The van der Waals surface area contributed by atoms with Gasteiger partial charge in [0.05, 0.1) is 26.0 Å².